The zero-order valence-electron chi connectivity index (χ0n) is 10.6. The number of hydrogen-bond donors (Lipinski definition) is 0. The van der Waals surface area contributed by atoms with Crippen molar-refractivity contribution >= 4 is 22.6 Å². The summed E-state index contributed by atoms with van der Waals surface area (Å²) in [5.41, 5.74) is 3.05. The molecule has 1 unspecified atom stereocenters. The molecular weight excluding hydrogens is 258 g/mol. The lowest BCUT2D eigenvalue weighted by Gasteiger charge is -2.07. The van der Waals surface area contributed by atoms with Gasteiger partial charge in [-0.1, -0.05) is 24.3 Å². The highest BCUT2D eigenvalue weighted by Gasteiger charge is 2.15. The van der Waals surface area contributed by atoms with E-state index in [1.807, 2.05) is 49.4 Å². The Kier molecular flexibility index (Phi) is 3.26. The molecule has 1 aromatic carbocycles. The van der Waals surface area contributed by atoms with Gasteiger partial charge in [0.15, 0.2) is 0 Å². The van der Waals surface area contributed by atoms with E-state index in [0.717, 1.165) is 28.0 Å². The molecule has 0 N–H and O–H groups in total. The van der Waals surface area contributed by atoms with Gasteiger partial charge in [-0.05, 0) is 30.7 Å². The SMILES string of the molecule is Cc1cccnc1CC(Cl)c1cc2ccccc2o1. The molecule has 0 saturated heterocycles. The van der Waals surface area contributed by atoms with Gasteiger partial charge in [-0.15, -0.1) is 11.6 Å². The van der Waals surface area contributed by atoms with E-state index >= 15 is 0 Å². The van der Waals surface area contributed by atoms with E-state index in [0.29, 0.717) is 6.42 Å². The third-order valence-electron chi connectivity index (χ3n) is 3.24. The molecule has 0 aliphatic heterocycles. The summed E-state index contributed by atoms with van der Waals surface area (Å²) in [6, 6.07) is 13.9. The first-order valence-electron chi connectivity index (χ1n) is 6.27. The van der Waals surface area contributed by atoms with E-state index in [1.165, 1.54) is 0 Å². The van der Waals surface area contributed by atoms with E-state index in [1.54, 1.807) is 6.20 Å². The van der Waals surface area contributed by atoms with Crippen LogP contribution in [-0.4, -0.2) is 4.98 Å². The molecule has 0 radical (unpaired) electrons. The molecule has 1 atom stereocenters. The lowest BCUT2D eigenvalue weighted by molar-refractivity contribution is 0.538. The number of aryl methyl sites for hydroxylation is 1. The second-order valence-electron chi connectivity index (χ2n) is 4.63. The summed E-state index contributed by atoms with van der Waals surface area (Å²) in [4.78, 5) is 4.37. The molecule has 0 spiro atoms. The van der Waals surface area contributed by atoms with Crippen LogP contribution in [0.15, 0.2) is 53.1 Å². The summed E-state index contributed by atoms with van der Waals surface area (Å²) < 4.78 is 5.78. The van der Waals surface area contributed by atoms with Gasteiger partial charge in [0.1, 0.15) is 11.3 Å². The number of benzene rings is 1. The number of hydrogen-bond acceptors (Lipinski definition) is 2. The van der Waals surface area contributed by atoms with Crippen molar-refractivity contribution in [2.45, 2.75) is 18.7 Å². The molecule has 3 aromatic rings. The molecule has 2 heterocycles. The van der Waals surface area contributed by atoms with E-state index in [-0.39, 0.29) is 5.38 Å². The number of alkyl halides is 1. The van der Waals surface area contributed by atoms with Crippen molar-refractivity contribution in [3.8, 4) is 0 Å². The fourth-order valence-corrected chi connectivity index (χ4v) is 2.41. The minimum Gasteiger partial charge on any atom is -0.459 e. The van der Waals surface area contributed by atoms with Gasteiger partial charge in [0.2, 0.25) is 0 Å². The highest BCUT2D eigenvalue weighted by atomic mass is 35.5. The quantitative estimate of drug-likeness (QED) is 0.648. The Labute approximate surface area is 117 Å². The summed E-state index contributed by atoms with van der Waals surface area (Å²) in [5.74, 6) is 0.799. The molecule has 0 fully saturated rings. The van der Waals surface area contributed by atoms with Gasteiger partial charge in [-0.25, -0.2) is 0 Å². The summed E-state index contributed by atoms with van der Waals surface area (Å²) >= 11 is 6.45. The number of fused-ring (bicyclic) bond motifs is 1. The average Bonchev–Trinajstić information content (AvgIpc) is 2.85. The Hall–Kier alpha value is -1.80. The van der Waals surface area contributed by atoms with Gasteiger partial charge >= 0.3 is 0 Å². The van der Waals surface area contributed by atoms with Crippen LogP contribution >= 0.6 is 11.6 Å². The van der Waals surface area contributed by atoms with Crippen molar-refractivity contribution in [3.05, 3.63) is 65.7 Å². The first kappa shape index (κ1) is 12.2. The third kappa shape index (κ3) is 2.49. The van der Waals surface area contributed by atoms with Crippen molar-refractivity contribution < 1.29 is 4.42 Å². The van der Waals surface area contributed by atoms with E-state index < -0.39 is 0 Å². The monoisotopic (exact) mass is 271 g/mol. The molecule has 0 aliphatic carbocycles. The molecule has 0 bridgehead atoms. The van der Waals surface area contributed by atoms with Gasteiger partial charge in [0.05, 0.1) is 5.38 Å². The van der Waals surface area contributed by atoms with Gasteiger partial charge in [0.25, 0.3) is 0 Å². The Morgan fingerprint density at radius 1 is 1.21 bits per heavy atom. The summed E-state index contributed by atoms with van der Waals surface area (Å²) in [6.45, 7) is 2.05. The first-order chi connectivity index (χ1) is 9.24. The van der Waals surface area contributed by atoms with Crippen LogP contribution < -0.4 is 0 Å². The highest BCUT2D eigenvalue weighted by Crippen LogP contribution is 2.30. The summed E-state index contributed by atoms with van der Waals surface area (Å²) in [7, 11) is 0. The molecule has 2 nitrogen and oxygen atoms in total. The largest absolute Gasteiger partial charge is 0.459 e. The summed E-state index contributed by atoms with van der Waals surface area (Å²) in [6.07, 6.45) is 2.47. The average molecular weight is 272 g/mol. The van der Waals surface area contributed by atoms with Crippen LogP contribution in [-0.2, 0) is 6.42 Å². The van der Waals surface area contributed by atoms with E-state index in [4.69, 9.17) is 16.0 Å². The van der Waals surface area contributed by atoms with Crippen LogP contribution in [0.25, 0.3) is 11.0 Å². The zero-order valence-corrected chi connectivity index (χ0v) is 11.4. The molecule has 3 rings (SSSR count). The normalized spacial score (nSPS) is 12.7. The van der Waals surface area contributed by atoms with Crippen molar-refractivity contribution in [2.75, 3.05) is 0 Å². The van der Waals surface area contributed by atoms with Gasteiger partial charge in [0, 0.05) is 23.7 Å². The second-order valence-corrected chi connectivity index (χ2v) is 5.15. The Morgan fingerprint density at radius 3 is 2.84 bits per heavy atom. The van der Waals surface area contributed by atoms with Crippen molar-refractivity contribution in [3.63, 3.8) is 0 Å². The fourth-order valence-electron chi connectivity index (χ4n) is 2.16. The van der Waals surface area contributed by atoms with Crippen LogP contribution in [0.2, 0.25) is 0 Å². The number of rotatable bonds is 3. The zero-order chi connectivity index (χ0) is 13.2. The minimum absolute atomic E-state index is 0.194. The number of furan rings is 1. The van der Waals surface area contributed by atoms with Crippen LogP contribution in [0.5, 0.6) is 0 Å². The number of pyridine rings is 1. The second kappa shape index (κ2) is 5.06. The van der Waals surface area contributed by atoms with E-state index in [2.05, 4.69) is 4.98 Å². The van der Waals surface area contributed by atoms with Gasteiger partial charge in [-0.2, -0.15) is 0 Å². The Morgan fingerprint density at radius 2 is 2.05 bits per heavy atom. The molecular formula is C16H14ClNO. The molecule has 0 saturated carbocycles. The molecule has 3 heteroatoms. The smallest absolute Gasteiger partial charge is 0.134 e. The number of para-hydroxylation sites is 1. The van der Waals surface area contributed by atoms with Crippen LogP contribution in [0, 0.1) is 6.92 Å². The maximum Gasteiger partial charge on any atom is 0.134 e. The minimum atomic E-state index is -0.194. The van der Waals surface area contributed by atoms with Crippen molar-refractivity contribution in [2.24, 2.45) is 0 Å². The third-order valence-corrected chi connectivity index (χ3v) is 3.61. The fraction of sp³-hybridized carbons (Fsp3) is 0.188. The molecule has 0 aliphatic rings. The van der Waals surface area contributed by atoms with Crippen LogP contribution in [0.1, 0.15) is 22.4 Å². The first-order valence-corrected chi connectivity index (χ1v) is 6.71. The van der Waals surface area contributed by atoms with Gasteiger partial charge < -0.3 is 4.42 Å². The number of nitrogens with zero attached hydrogens (tertiary/aromatic N) is 1. The van der Waals surface area contributed by atoms with Gasteiger partial charge in [-0.3, -0.25) is 4.98 Å². The highest BCUT2D eigenvalue weighted by molar-refractivity contribution is 6.20. The lowest BCUT2D eigenvalue weighted by Crippen LogP contribution is -1.99. The van der Waals surface area contributed by atoms with Crippen molar-refractivity contribution in [1.29, 1.82) is 0 Å². The predicted molar refractivity (Wildman–Crippen MR) is 77.5 cm³/mol. The summed E-state index contributed by atoms with van der Waals surface area (Å²) in [5, 5.41) is 0.891. The number of aromatic nitrogens is 1. The van der Waals surface area contributed by atoms with Crippen LogP contribution in [0.3, 0.4) is 0 Å². The topological polar surface area (TPSA) is 26.0 Å². The van der Waals surface area contributed by atoms with E-state index in [9.17, 15) is 0 Å². The predicted octanol–water partition coefficient (Wildman–Crippen LogP) is 4.66. The molecule has 2 aromatic heterocycles. The standard InChI is InChI=1S/C16H14ClNO/c1-11-5-4-8-18-14(11)10-13(17)16-9-12-6-2-3-7-15(12)19-16/h2-9,13H,10H2,1H3. The Balaban J connectivity index is 1.87. The van der Waals surface area contributed by atoms with Crippen LogP contribution in [0.4, 0.5) is 0 Å². The number of halogens is 1. The maximum absolute atomic E-state index is 6.45. The maximum atomic E-state index is 6.45. The lowest BCUT2D eigenvalue weighted by atomic mass is 10.1. The molecule has 19 heavy (non-hydrogen) atoms. The Bertz CT molecular complexity index is 672. The molecule has 0 amide bonds. The van der Waals surface area contributed by atoms with Crippen molar-refractivity contribution in [1.82, 2.24) is 4.98 Å². The molecule has 96 valence electrons.